The van der Waals surface area contributed by atoms with E-state index in [1.165, 1.54) is 28.8 Å². The van der Waals surface area contributed by atoms with Crippen LogP contribution in [-0.2, 0) is 28.8 Å². The van der Waals surface area contributed by atoms with Crippen molar-refractivity contribution in [2.24, 2.45) is 0 Å². The van der Waals surface area contributed by atoms with E-state index >= 15 is 0 Å². The van der Waals surface area contributed by atoms with E-state index < -0.39 is 52.7 Å². The molecule has 5 rings (SSSR count). The van der Waals surface area contributed by atoms with Crippen molar-refractivity contribution in [1.82, 2.24) is 30.7 Å². The number of likely N-dealkylation sites (N-methyl/N-ethyl adjacent to an activating group) is 1. The van der Waals surface area contributed by atoms with Gasteiger partial charge in [0.15, 0.2) is 0 Å². The first-order valence-corrected chi connectivity index (χ1v) is 17.2. The smallest absolute Gasteiger partial charge is 0.325 e. The summed E-state index contributed by atoms with van der Waals surface area (Å²) >= 11 is 2.51. The zero-order valence-corrected chi connectivity index (χ0v) is 28.4. The Hall–Kier alpha value is -5.10. The molecule has 49 heavy (non-hydrogen) atoms. The molecular formula is C31H34N8O8S2. The number of urea groups is 1. The highest BCUT2D eigenvalue weighted by atomic mass is 32.2. The minimum Gasteiger partial charge on any atom is -0.543 e. The van der Waals surface area contributed by atoms with Crippen molar-refractivity contribution in [3.05, 3.63) is 71.7 Å². The molecule has 0 bridgehead atoms. The highest BCUT2D eigenvalue weighted by molar-refractivity contribution is 8.01. The third-order valence-corrected chi connectivity index (χ3v) is 10.7. The lowest BCUT2D eigenvalue weighted by atomic mass is 9.94. The van der Waals surface area contributed by atoms with Crippen LogP contribution in [0.15, 0.2) is 71.0 Å². The molecule has 2 aromatic rings. The molecule has 7 amide bonds. The number of rotatable bonds is 12. The molecule has 1 aromatic carbocycles. The lowest BCUT2D eigenvalue weighted by molar-refractivity contribution is -0.687. The number of carboxylic acids is 1. The number of piperazine rings is 1. The van der Waals surface area contributed by atoms with Crippen molar-refractivity contribution in [1.29, 1.82) is 0 Å². The summed E-state index contributed by atoms with van der Waals surface area (Å²) < 4.78 is 1.85. The Morgan fingerprint density at radius 3 is 2.41 bits per heavy atom. The number of pyridine rings is 1. The van der Waals surface area contributed by atoms with Crippen molar-refractivity contribution in [3.8, 4) is 0 Å². The van der Waals surface area contributed by atoms with E-state index in [0.717, 1.165) is 21.6 Å². The normalized spacial score (nSPS) is 21.0. The van der Waals surface area contributed by atoms with Gasteiger partial charge in [0.2, 0.25) is 30.4 Å². The van der Waals surface area contributed by atoms with E-state index in [0.29, 0.717) is 10.5 Å². The summed E-state index contributed by atoms with van der Waals surface area (Å²) in [7, 11) is 3.76. The van der Waals surface area contributed by atoms with Gasteiger partial charge in [-0.1, -0.05) is 35.0 Å². The number of aliphatic carboxylic acids is 1. The van der Waals surface area contributed by atoms with Gasteiger partial charge in [0.25, 0.3) is 5.91 Å². The summed E-state index contributed by atoms with van der Waals surface area (Å²) in [6.07, 6.45) is 3.91. The Morgan fingerprint density at radius 2 is 1.80 bits per heavy atom. The number of fused-ring (bicyclic) bond motifs is 1. The zero-order valence-electron chi connectivity index (χ0n) is 26.8. The lowest BCUT2D eigenvalue weighted by Gasteiger charge is -2.57. The number of hydrogen-bond acceptors (Lipinski definition) is 11. The minimum atomic E-state index is -2.07. The van der Waals surface area contributed by atoms with Gasteiger partial charge in [-0.05, 0) is 18.1 Å². The number of hydrogen-bond donors (Lipinski definition) is 3. The van der Waals surface area contributed by atoms with Gasteiger partial charge in [-0.25, -0.2) is 4.79 Å². The molecule has 3 N–H and O–H groups in total. The molecule has 2 saturated heterocycles. The topological polar surface area (TPSA) is 195 Å². The Morgan fingerprint density at radius 1 is 1.10 bits per heavy atom. The third-order valence-electron chi connectivity index (χ3n) is 8.21. The SMILES string of the molecule is CCN1CCN(C(=O)N[C@@H](C(=O)N[C@]2(NC=O)C(=O)N3C(C(=O)[O-])=C(CSc4cc[n+](N(C)C)cc4)CS[C@@H]32)c2ccccc2)C(=O)C1=O. The van der Waals surface area contributed by atoms with Crippen LogP contribution in [0.5, 0.6) is 0 Å². The molecule has 3 aliphatic heterocycles. The van der Waals surface area contributed by atoms with E-state index in [2.05, 4.69) is 16.0 Å². The number of imide groups is 1. The second kappa shape index (κ2) is 14.6. The molecule has 0 radical (unpaired) electrons. The number of benzene rings is 1. The summed E-state index contributed by atoms with van der Waals surface area (Å²) in [4.78, 5) is 94.2. The maximum atomic E-state index is 13.9. The van der Waals surface area contributed by atoms with Crippen molar-refractivity contribution in [3.63, 3.8) is 0 Å². The van der Waals surface area contributed by atoms with Crippen molar-refractivity contribution >= 4 is 65.6 Å². The predicted octanol–water partition coefficient (Wildman–Crippen LogP) is -2.12. The maximum Gasteiger partial charge on any atom is 0.325 e. The molecule has 0 aliphatic carbocycles. The van der Waals surface area contributed by atoms with Crippen LogP contribution in [0.2, 0.25) is 0 Å². The van der Waals surface area contributed by atoms with E-state index in [1.54, 1.807) is 25.1 Å². The molecule has 16 nitrogen and oxygen atoms in total. The average molecular weight is 711 g/mol. The molecule has 0 saturated carbocycles. The second-order valence-corrected chi connectivity index (χ2v) is 13.4. The number of aromatic nitrogens is 1. The summed E-state index contributed by atoms with van der Waals surface area (Å²) in [6, 6.07) is 9.19. The quantitative estimate of drug-likeness (QED) is 0.0545. The van der Waals surface area contributed by atoms with Crippen LogP contribution in [0.4, 0.5) is 4.79 Å². The monoisotopic (exact) mass is 710 g/mol. The Labute approximate surface area is 289 Å². The Bertz CT molecular complexity index is 1710. The van der Waals surface area contributed by atoms with Crippen LogP contribution in [0, 0.1) is 0 Å². The van der Waals surface area contributed by atoms with Crippen LogP contribution in [0.25, 0.3) is 0 Å². The average Bonchev–Trinajstić information content (AvgIpc) is 3.10. The fourth-order valence-electron chi connectivity index (χ4n) is 5.62. The van der Waals surface area contributed by atoms with Crippen LogP contribution < -0.4 is 30.7 Å². The zero-order chi connectivity index (χ0) is 35.5. The molecule has 3 atom stereocenters. The number of carbonyl (C=O) groups is 7. The first-order chi connectivity index (χ1) is 23.4. The van der Waals surface area contributed by atoms with Gasteiger partial charge in [-0.2, -0.15) is 5.01 Å². The van der Waals surface area contributed by atoms with E-state index in [4.69, 9.17) is 0 Å². The minimum absolute atomic E-state index is 0.102. The van der Waals surface area contributed by atoms with Gasteiger partial charge in [-0.15, -0.1) is 23.5 Å². The van der Waals surface area contributed by atoms with E-state index in [1.807, 2.05) is 48.3 Å². The van der Waals surface area contributed by atoms with E-state index in [9.17, 15) is 38.7 Å². The second-order valence-electron chi connectivity index (χ2n) is 11.3. The lowest BCUT2D eigenvalue weighted by Crippen LogP contribution is -2.85. The number of thioether (sulfide) groups is 2. The van der Waals surface area contributed by atoms with Gasteiger partial charge >= 0.3 is 17.8 Å². The van der Waals surface area contributed by atoms with Crippen LogP contribution >= 0.6 is 23.5 Å². The Kier molecular flexibility index (Phi) is 10.5. The number of carboxylic acid groups (broad SMARTS) is 1. The number of nitrogens with one attached hydrogen (secondary N) is 3. The fourth-order valence-corrected chi connectivity index (χ4v) is 8.07. The van der Waals surface area contributed by atoms with Crippen molar-refractivity contribution in [2.75, 3.05) is 50.2 Å². The largest absolute Gasteiger partial charge is 0.543 e. The van der Waals surface area contributed by atoms with Crippen molar-refractivity contribution < 1.29 is 43.3 Å². The number of β-lactam (4-membered cyclic amide) rings is 1. The summed E-state index contributed by atoms with van der Waals surface area (Å²) in [5, 5.41) is 20.6. The standard InChI is InChI=1S/C31H34N8O8S2/c1-4-36-14-15-38(26(43)25(36)42)30(47)33-22(19-8-6-5-7-9-19)24(41)34-31(32-18-40)28(46)39-23(27(44)45)20(17-49-29(31)39)16-48-21-10-12-37(13-11-21)35(2)3/h5-13,18,22,29H,4,14-17H2,1-3H3,(H3-,32,33,34,40,41,44,45,47)/t22-,29-,31-/m1/s1. The molecule has 4 heterocycles. The highest BCUT2D eigenvalue weighted by Gasteiger charge is 2.65. The predicted molar refractivity (Wildman–Crippen MR) is 174 cm³/mol. The summed E-state index contributed by atoms with van der Waals surface area (Å²) in [6.45, 7) is 1.99. The summed E-state index contributed by atoms with van der Waals surface area (Å²) in [5.74, 6) is -4.98. The van der Waals surface area contributed by atoms with Crippen LogP contribution in [0.1, 0.15) is 18.5 Å². The molecule has 0 unspecified atom stereocenters. The first kappa shape index (κ1) is 35.2. The highest BCUT2D eigenvalue weighted by Crippen LogP contribution is 2.45. The van der Waals surface area contributed by atoms with Crippen molar-refractivity contribution in [2.45, 2.75) is 28.9 Å². The molecule has 0 spiro atoms. The number of carbonyl (C=O) groups excluding carboxylic acids is 7. The number of amides is 7. The van der Waals surface area contributed by atoms with Crippen LogP contribution in [0.3, 0.4) is 0 Å². The molecule has 3 aliphatic rings. The van der Waals surface area contributed by atoms with E-state index in [-0.39, 0.29) is 48.8 Å². The number of nitrogens with zero attached hydrogens (tertiary/aromatic N) is 5. The van der Waals surface area contributed by atoms with Gasteiger partial charge in [0, 0.05) is 48.2 Å². The summed E-state index contributed by atoms with van der Waals surface area (Å²) in [5.41, 5.74) is -1.72. The van der Waals surface area contributed by atoms with Gasteiger partial charge in [-0.3, -0.25) is 33.8 Å². The molecule has 1 aromatic heterocycles. The van der Waals surface area contributed by atoms with Gasteiger partial charge in [0.05, 0.1) is 25.8 Å². The molecule has 2 fully saturated rings. The Balaban J connectivity index is 1.37. The fraction of sp³-hybridized carbons (Fsp3) is 0.355. The molecule has 18 heteroatoms. The van der Waals surface area contributed by atoms with Gasteiger partial charge < -0.3 is 30.8 Å². The third kappa shape index (κ3) is 6.78. The van der Waals surface area contributed by atoms with Crippen LogP contribution in [-0.4, -0.2) is 113 Å². The van der Waals surface area contributed by atoms with Gasteiger partial charge in [0.1, 0.15) is 11.4 Å². The first-order valence-electron chi connectivity index (χ1n) is 15.1. The molecule has 258 valence electrons. The maximum absolute atomic E-state index is 13.9. The molecular weight excluding hydrogens is 677 g/mol.